The Bertz CT molecular complexity index is 118. The second-order valence-electron chi connectivity index (χ2n) is 1.30. The molecule has 0 saturated heterocycles. The van der Waals surface area contributed by atoms with Crippen molar-refractivity contribution in [3.05, 3.63) is 11.8 Å². The molecular weight excluding hydrogens is 124 g/mol. The summed E-state index contributed by atoms with van der Waals surface area (Å²) in [6.07, 6.45) is 0.736. The van der Waals surface area contributed by atoms with Gasteiger partial charge in [-0.3, -0.25) is 0 Å². The smallest absolute Gasteiger partial charge is 0.322 e. The molecule has 0 atom stereocenters. The largest absolute Gasteiger partial charge is 0.525 e. The number of rotatable bonds is 1. The molecule has 0 aromatic heterocycles. The van der Waals surface area contributed by atoms with Crippen molar-refractivity contribution in [1.29, 1.82) is 0 Å². The molecule has 1 N–H and O–H groups in total. The van der Waals surface area contributed by atoms with Crippen LogP contribution in [0.3, 0.4) is 0 Å². The van der Waals surface area contributed by atoms with Gasteiger partial charge in [0.2, 0.25) is 10.5 Å². The van der Waals surface area contributed by atoms with Gasteiger partial charge in [-0.2, -0.15) is 0 Å². The monoisotopic (exact) mass is 132 g/mol. The van der Waals surface area contributed by atoms with E-state index >= 15 is 0 Å². The number of hydrogen-bond acceptors (Lipinski definition) is 3. The van der Waals surface area contributed by atoms with Crippen molar-refractivity contribution >= 4 is 16.5 Å². The van der Waals surface area contributed by atoms with Crippen LogP contribution < -0.4 is 0 Å². The molecule has 0 spiro atoms. The summed E-state index contributed by atoms with van der Waals surface area (Å²) in [6, 6.07) is 0. The molecule has 0 aliphatic carbocycles. The molecule has 0 heterocycles. The van der Waals surface area contributed by atoms with Crippen LogP contribution in [0.5, 0.6) is 0 Å². The highest BCUT2D eigenvalue weighted by Gasteiger charge is 1.99. The van der Waals surface area contributed by atoms with Gasteiger partial charge >= 0.3 is 5.97 Å². The van der Waals surface area contributed by atoms with Gasteiger partial charge in [-0.15, -0.1) is 0 Å². The van der Waals surface area contributed by atoms with Gasteiger partial charge in [0.1, 0.15) is 0 Å². The third kappa shape index (κ3) is 1.79. The van der Waals surface area contributed by atoms with Gasteiger partial charge in [0, 0.05) is 0 Å². The maximum absolute atomic E-state index is 10.3. The molecule has 46 valence electrons. The quantitative estimate of drug-likeness (QED) is 0.291. The minimum atomic E-state index is -0.445. The molecule has 0 fully saturated rings. The van der Waals surface area contributed by atoms with Crippen LogP contribution in [0, 0.1) is 0 Å². The van der Waals surface area contributed by atoms with Crippen LogP contribution in [-0.4, -0.2) is 21.6 Å². The Morgan fingerprint density at radius 3 is 2.50 bits per heavy atom. The van der Waals surface area contributed by atoms with Crippen LogP contribution >= 0.6 is 0 Å². The normalized spacial score (nSPS) is 11.4. The van der Waals surface area contributed by atoms with Crippen molar-refractivity contribution in [1.82, 2.24) is 0 Å². The molecule has 0 unspecified atom stereocenters. The van der Waals surface area contributed by atoms with Gasteiger partial charge in [-0.25, -0.2) is 4.79 Å². The summed E-state index contributed by atoms with van der Waals surface area (Å²) in [6.45, 7) is 1.49. The molecule has 4 heteroatoms. The number of aliphatic hydroxyl groups excluding tert-OH is 1. The van der Waals surface area contributed by atoms with Crippen LogP contribution in [0.15, 0.2) is 11.8 Å². The second kappa shape index (κ2) is 3.26. The molecule has 0 radical (unpaired) electrons. The predicted molar refractivity (Wildman–Crippen MR) is 32.4 cm³/mol. The van der Waals surface area contributed by atoms with E-state index in [1.807, 2.05) is 0 Å². The fourth-order valence-corrected chi connectivity index (χ4v) is 0.536. The Kier molecular flexibility index (Phi) is 2.94. The summed E-state index contributed by atoms with van der Waals surface area (Å²) in [5.74, 6) is -0.445. The van der Waals surface area contributed by atoms with Crippen molar-refractivity contribution < 1.29 is 14.3 Å². The van der Waals surface area contributed by atoms with Gasteiger partial charge in [-0.05, 0) is 6.92 Å². The van der Waals surface area contributed by atoms with Crippen LogP contribution in [0.1, 0.15) is 6.92 Å². The number of carbonyl (C=O) groups excluding carboxylic acids is 1. The molecule has 3 nitrogen and oxygen atoms in total. The fraction of sp³-hybridized carbons (Fsp3) is 0.250. The maximum Gasteiger partial charge on any atom is 0.322 e. The Hall–Kier alpha value is -0.773. The van der Waals surface area contributed by atoms with E-state index in [2.05, 4.69) is 4.43 Å². The summed E-state index contributed by atoms with van der Waals surface area (Å²) < 4.78 is 4.37. The lowest BCUT2D eigenvalue weighted by atomic mass is 10.4. The van der Waals surface area contributed by atoms with Crippen molar-refractivity contribution in [2.75, 3.05) is 0 Å². The summed E-state index contributed by atoms with van der Waals surface area (Å²) in [7, 11) is 0.374. The average molecular weight is 132 g/mol. The zero-order valence-corrected chi connectivity index (χ0v) is 6.84. The topological polar surface area (TPSA) is 46.5 Å². The highest BCUT2D eigenvalue weighted by atomic mass is 28.2. The Morgan fingerprint density at radius 2 is 2.38 bits per heavy atom. The van der Waals surface area contributed by atoms with Crippen molar-refractivity contribution in [3.8, 4) is 0 Å². The van der Waals surface area contributed by atoms with Crippen LogP contribution in [-0.2, 0) is 9.22 Å². The predicted octanol–water partition coefficient (Wildman–Crippen LogP) is -0.728. The first kappa shape index (κ1) is 7.23. The van der Waals surface area contributed by atoms with Crippen molar-refractivity contribution in [2.24, 2.45) is 0 Å². The highest BCUT2D eigenvalue weighted by molar-refractivity contribution is 6.08. The number of carbonyl (C=O) groups is 1. The minimum Gasteiger partial charge on any atom is -0.525 e. The molecule has 0 rings (SSSR count). The Morgan fingerprint density at radius 1 is 1.88 bits per heavy atom. The van der Waals surface area contributed by atoms with E-state index in [4.69, 9.17) is 5.11 Å². The molecule has 0 aromatic rings. The maximum atomic E-state index is 10.3. The van der Waals surface area contributed by atoms with Crippen LogP contribution in [0.25, 0.3) is 0 Å². The Balaban J connectivity index is 3.83. The van der Waals surface area contributed by atoms with Crippen LogP contribution in [0.2, 0.25) is 0 Å². The number of aliphatic hydroxyl groups is 1. The molecule has 8 heavy (non-hydrogen) atoms. The molecule has 0 aliphatic rings. The second-order valence-corrected chi connectivity index (χ2v) is 1.71. The summed E-state index contributed by atoms with van der Waals surface area (Å²) in [5, 5.41) is 8.19. The molecule has 0 aliphatic heterocycles. The SMILES string of the molecule is CC(=CO)C(=O)O[SiH3]. The van der Waals surface area contributed by atoms with Crippen molar-refractivity contribution in [3.63, 3.8) is 0 Å². The van der Waals surface area contributed by atoms with Gasteiger partial charge in [0.25, 0.3) is 0 Å². The van der Waals surface area contributed by atoms with E-state index in [1.165, 1.54) is 6.92 Å². The van der Waals surface area contributed by atoms with Gasteiger partial charge < -0.3 is 9.53 Å². The highest BCUT2D eigenvalue weighted by Crippen LogP contribution is 1.90. The molecule has 0 saturated carbocycles. The minimum absolute atomic E-state index is 0.236. The van der Waals surface area contributed by atoms with Crippen LogP contribution in [0.4, 0.5) is 0 Å². The van der Waals surface area contributed by atoms with Gasteiger partial charge in [0.05, 0.1) is 11.8 Å². The first-order valence-electron chi connectivity index (χ1n) is 2.11. The van der Waals surface area contributed by atoms with E-state index in [-0.39, 0.29) is 5.57 Å². The summed E-state index contributed by atoms with van der Waals surface area (Å²) in [5.41, 5.74) is 0.236. The Labute approximate surface area is 50.5 Å². The van der Waals surface area contributed by atoms with E-state index in [0.29, 0.717) is 10.5 Å². The standard InChI is InChI=1S/C4H8O3Si/c1-3(2-5)4(6)7-8/h2,5H,1,8H3. The first-order valence-corrected chi connectivity index (χ1v) is 2.93. The molecule has 0 aromatic carbocycles. The summed E-state index contributed by atoms with van der Waals surface area (Å²) in [4.78, 5) is 10.3. The lowest BCUT2D eigenvalue weighted by Crippen LogP contribution is -2.01. The number of hydrogen-bond donors (Lipinski definition) is 1. The van der Waals surface area contributed by atoms with E-state index < -0.39 is 5.97 Å². The van der Waals surface area contributed by atoms with Gasteiger partial charge in [-0.1, -0.05) is 0 Å². The molecular formula is C4H8O3Si. The van der Waals surface area contributed by atoms with E-state index in [1.54, 1.807) is 0 Å². The van der Waals surface area contributed by atoms with Crippen molar-refractivity contribution in [2.45, 2.75) is 6.92 Å². The third-order valence-electron chi connectivity index (χ3n) is 0.701. The first-order chi connectivity index (χ1) is 3.72. The fourth-order valence-electron chi connectivity index (χ4n) is 0.214. The zero-order chi connectivity index (χ0) is 6.57. The zero-order valence-electron chi connectivity index (χ0n) is 4.84. The lowest BCUT2D eigenvalue weighted by Gasteiger charge is -1.94. The van der Waals surface area contributed by atoms with E-state index in [0.717, 1.165) is 6.26 Å². The molecule has 0 amide bonds. The van der Waals surface area contributed by atoms with Gasteiger partial charge in [0.15, 0.2) is 0 Å². The summed E-state index contributed by atoms with van der Waals surface area (Å²) >= 11 is 0. The molecule has 0 bridgehead atoms. The third-order valence-corrected chi connectivity index (χ3v) is 1.07. The average Bonchev–Trinajstić information content (AvgIpc) is 1.84. The van der Waals surface area contributed by atoms with E-state index in [9.17, 15) is 4.79 Å². The lowest BCUT2D eigenvalue weighted by molar-refractivity contribution is -0.129.